The minimum absolute atomic E-state index is 0.0554. The molecule has 2 aromatic rings. The fourth-order valence-corrected chi connectivity index (χ4v) is 3.75. The lowest BCUT2D eigenvalue weighted by atomic mass is 9.95. The van der Waals surface area contributed by atoms with Crippen molar-refractivity contribution in [2.24, 2.45) is 0 Å². The summed E-state index contributed by atoms with van der Waals surface area (Å²) in [5, 5.41) is 20.8. The number of rotatable bonds is 9. The minimum atomic E-state index is -0.710. The van der Waals surface area contributed by atoms with Crippen molar-refractivity contribution >= 4 is 17.4 Å². The highest BCUT2D eigenvalue weighted by molar-refractivity contribution is 6.46. The van der Waals surface area contributed by atoms with Crippen LogP contribution in [0.4, 0.5) is 0 Å². The van der Waals surface area contributed by atoms with Gasteiger partial charge in [0.2, 0.25) is 0 Å². The zero-order chi connectivity index (χ0) is 22.4. The lowest BCUT2D eigenvalue weighted by molar-refractivity contribution is -0.139. The van der Waals surface area contributed by atoms with Gasteiger partial charge in [0, 0.05) is 12.1 Å². The van der Waals surface area contributed by atoms with E-state index in [1.165, 1.54) is 17.0 Å². The SMILES string of the molecule is CCCCCN1C(=O)C(=O)/C(=C(\O)c2cccc(OCCC)c2)C1c1ccc(O)cc1. The Labute approximate surface area is 182 Å². The van der Waals surface area contributed by atoms with E-state index in [-0.39, 0.29) is 17.1 Å². The fourth-order valence-electron chi connectivity index (χ4n) is 3.75. The van der Waals surface area contributed by atoms with Gasteiger partial charge in [0.1, 0.15) is 17.3 Å². The molecule has 1 unspecified atom stereocenters. The van der Waals surface area contributed by atoms with Crippen molar-refractivity contribution in [1.82, 2.24) is 4.90 Å². The zero-order valence-corrected chi connectivity index (χ0v) is 18.0. The number of likely N-dealkylation sites (tertiary alicyclic amines) is 1. The molecule has 0 aliphatic carbocycles. The molecule has 0 aromatic heterocycles. The fraction of sp³-hybridized carbons (Fsp3) is 0.360. The monoisotopic (exact) mass is 423 g/mol. The van der Waals surface area contributed by atoms with Gasteiger partial charge in [0.15, 0.2) is 0 Å². The number of ether oxygens (including phenoxy) is 1. The number of hydrogen-bond donors (Lipinski definition) is 2. The summed E-state index contributed by atoms with van der Waals surface area (Å²) in [4.78, 5) is 27.4. The summed E-state index contributed by atoms with van der Waals surface area (Å²) >= 11 is 0. The molecule has 6 heteroatoms. The van der Waals surface area contributed by atoms with Crippen LogP contribution in [0.1, 0.15) is 56.7 Å². The van der Waals surface area contributed by atoms with E-state index in [1.807, 2.05) is 6.92 Å². The second kappa shape index (κ2) is 10.2. The predicted octanol–water partition coefficient (Wildman–Crippen LogP) is 4.79. The topological polar surface area (TPSA) is 87.1 Å². The van der Waals surface area contributed by atoms with Crippen LogP contribution in [-0.2, 0) is 9.59 Å². The molecule has 1 atom stereocenters. The van der Waals surface area contributed by atoms with Crippen LogP contribution >= 0.6 is 0 Å². The predicted molar refractivity (Wildman–Crippen MR) is 119 cm³/mol. The number of aliphatic hydroxyl groups is 1. The smallest absolute Gasteiger partial charge is 0.295 e. The summed E-state index contributed by atoms with van der Waals surface area (Å²) in [5.41, 5.74) is 1.14. The first-order valence-corrected chi connectivity index (χ1v) is 10.8. The Morgan fingerprint density at radius 3 is 2.45 bits per heavy atom. The maximum atomic E-state index is 13.0. The third-order valence-corrected chi connectivity index (χ3v) is 5.33. The molecule has 164 valence electrons. The van der Waals surface area contributed by atoms with Crippen LogP contribution in [0.25, 0.3) is 5.76 Å². The van der Waals surface area contributed by atoms with Crippen molar-refractivity contribution in [3.05, 3.63) is 65.2 Å². The molecule has 0 bridgehead atoms. The van der Waals surface area contributed by atoms with Crippen LogP contribution in [0.15, 0.2) is 54.1 Å². The lowest BCUT2D eigenvalue weighted by Crippen LogP contribution is -2.30. The number of amides is 1. The summed E-state index contributed by atoms with van der Waals surface area (Å²) < 4.78 is 5.64. The van der Waals surface area contributed by atoms with E-state index in [0.717, 1.165) is 25.7 Å². The number of nitrogens with zero attached hydrogens (tertiary/aromatic N) is 1. The van der Waals surface area contributed by atoms with E-state index >= 15 is 0 Å². The first kappa shape index (κ1) is 22.4. The average molecular weight is 424 g/mol. The van der Waals surface area contributed by atoms with E-state index < -0.39 is 17.7 Å². The molecular weight excluding hydrogens is 394 g/mol. The average Bonchev–Trinajstić information content (AvgIpc) is 3.03. The van der Waals surface area contributed by atoms with Gasteiger partial charge in [-0.3, -0.25) is 9.59 Å². The van der Waals surface area contributed by atoms with Crippen molar-refractivity contribution < 1.29 is 24.5 Å². The molecule has 1 heterocycles. The normalized spacial score (nSPS) is 17.9. The quantitative estimate of drug-likeness (QED) is 0.262. The summed E-state index contributed by atoms with van der Waals surface area (Å²) in [5.74, 6) is -0.867. The van der Waals surface area contributed by atoms with Gasteiger partial charge < -0.3 is 19.8 Å². The number of carbonyl (C=O) groups excluding carboxylic acids is 2. The van der Waals surface area contributed by atoms with E-state index in [4.69, 9.17) is 4.74 Å². The molecular formula is C25H29NO5. The maximum absolute atomic E-state index is 13.0. The second-order valence-electron chi connectivity index (χ2n) is 7.67. The summed E-state index contributed by atoms with van der Waals surface area (Å²) in [6, 6.07) is 12.6. The Hall–Kier alpha value is -3.28. The molecule has 31 heavy (non-hydrogen) atoms. The van der Waals surface area contributed by atoms with E-state index in [2.05, 4.69) is 6.92 Å². The summed E-state index contributed by atoms with van der Waals surface area (Å²) in [6.45, 7) is 5.03. The van der Waals surface area contributed by atoms with E-state index in [0.29, 0.717) is 30.0 Å². The number of aliphatic hydroxyl groups excluding tert-OH is 1. The largest absolute Gasteiger partial charge is 0.508 e. The zero-order valence-electron chi connectivity index (χ0n) is 18.0. The molecule has 1 fully saturated rings. The van der Waals surface area contributed by atoms with Gasteiger partial charge in [0.05, 0.1) is 18.2 Å². The van der Waals surface area contributed by atoms with Gasteiger partial charge in [-0.15, -0.1) is 0 Å². The molecule has 2 aromatic carbocycles. The molecule has 1 amide bonds. The number of phenols is 1. The van der Waals surface area contributed by atoms with Crippen LogP contribution in [-0.4, -0.2) is 40.0 Å². The number of phenolic OH excluding ortho intramolecular Hbond substituents is 1. The Morgan fingerprint density at radius 2 is 1.77 bits per heavy atom. The van der Waals surface area contributed by atoms with Crippen LogP contribution in [0.2, 0.25) is 0 Å². The number of carbonyl (C=O) groups is 2. The maximum Gasteiger partial charge on any atom is 0.295 e. The van der Waals surface area contributed by atoms with Gasteiger partial charge in [-0.1, -0.05) is 51.0 Å². The molecule has 1 saturated heterocycles. The third-order valence-electron chi connectivity index (χ3n) is 5.33. The van der Waals surface area contributed by atoms with Crippen molar-refractivity contribution in [3.8, 4) is 11.5 Å². The van der Waals surface area contributed by atoms with Gasteiger partial charge >= 0.3 is 0 Å². The van der Waals surface area contributed by atoms with Crippen molar-refractivity contribution in [3.63, 3.8) is 0 Å². The number of hydrogen-bond acceptors (Lipinski definition) is 5. The molecule has 2 N–H and O–H groups in total. The number of aromatic hydroxyl groups is 1. The number of Topliss-reactive ketones (excluding diaryl/α,β-unsaturated/α-hetero) is 1. The Bertz CT molecular complexity index is 964. The van der Waals surface area contributed by atoms with Crippen LogP contribution in [0, 0.1) is 0 Å². The highest BCUT2D eigenvalue weighted by atomic mass is 16.5. The number of benzene rings is 2. The van der Waals surface area contributed by atoms with Crippen LogP contribution < -0.4 is 4.74 Å². The number of ketones is 1. The number of unbranched alkanes of at least 4 members (excludes halogenated alkanes) is 2. The van der Waals surface area contributed by atoms with Crippen LogP contribution in [0.5, 0.6) is 11.5 Å². The van der Waals surface area contributed by atoms with Crippen molar-refractivity contribution in [2.45, 2.75) is 45.6 Å². The van der Waals surface area contributed by atoms with Gasteiger partial charge in [-0.05, 0) is 42.7 Å². The molecule has 1 aliphatic heterocycles. The Kier molecular flexibility index (Phi) is 7.34. The first-order valence-electron chi connectivity index (χ1n) is 10.8. The molecule has 6 nitrogen and oxygen atoms in total. The van der Waals surface area contributed by atoms with E-state index in [9.17, 15) is 19.8 Å². The highest BCUT2D eigenvalue weighted by Crippen LogP contribution is 2.40. The van der Waals surface area contributed by atoms with Gasteiger partial charge in [-0.2, -0.15) is 0 Å². The molecule has 0 radical (unpaired) electrons. The Morgan fingerprint density at radius 1 is 1.03 bits per heavy atom. The van der Waals surface area contributed by atoms with E-state index in [1.54, 1.807) is 36.4 Å². The Balaban J connectivity index is 2.07. The summed E-state index contributed by atoms with van der Waals surface area (Å²) in [7, 11) is 0. The third kappa shape index (κ3) is 4.90. The lowest BCUT2D eigenvalue weighted by Gasteiger charge is -2.25. The molecule has 0 spiro atoms. The summed E-state index contributed by atoms with van der Waals surface area (Å²) in [6.07, 6.45) is 3.53. The van der Waals surface area contributed by atoms with Gasteiger partial charge in [0.25, 0.3) is 11.7 Å². The standard InChI is InChI=1S/C25H29NO5/c1-3-5-6-14-26-22(17-10-12-19(27)13-11-17)21(24(29)25(26)30)23(28)18-8-7-9-20(16-18)31-15-4-2/h7-13,16,22,27-28H,3-6,14-15H2,1-2H3/b23-21-. The molecule has 1 aliphatic rings. The minimum Gasteiger partial charge on any atom is -0.508 e. The second-order valence-corrected chi connectivity index (χ2v) is 7.67. The van der Waals surface area contributed by atoms with Crippen LogP contribution in [0.3, 0.4) is 0 Å². The highest BCUT2D eigenvalue weighted by Gasteiger charge is 2.45. The van der Waals surface area contributed by atoms with Gasteiger partial charge in [-0.25, -0.2) is 0 Å². The van der Waals surface area contributed by atoms with Crippen molar-refractivity contribution in [2.75, 3.05) is 13.2 Å². The first-order chi connectivity index (χ1) is 15.0. The molecule has 3 rings (SSSR count). The molecule has 0 saturated carbocycles. The van der Waals surface area contributed by atoms with Crippen molar-refractivity contribution in [1.29, 1.82) is 0 Å².